The molecular formula is C18H16Cl2N4O. The van der Waals surface area contributed by atoms with Gasteiger partial charge >= 0.3 is 0 Å². The number of halogens is 2. The number of nitrogen functional groups attached to an aromatic ring is 1. The molecule has 3 rings (SSSR count). The van der Waals surface area contributed by atoms with Crippen molar-refractivity contribution in [2.45, 2.75) is 13.3 Å². The van der Waals surface area contributed by atoms with E-state index in [1.165, 1.54) is 11.9 Å². The number of ether oxygens (including phenoxy) is 1. The summed E-state index contributed by atoms with van der Waals surface area (Å²) in [5, 5.41) is 4.09. The molecule has 5 nitrogen and oxygen atoms in total. The van der Waals surface area contributed by atoms with E-state index in [1.54, 1.807) is 18.2 Å². The third-order valence-electron chi connectivity index (χ3n) is 3.52. The van der Waals surface area contributed by atoms with Gasteiger partial charge in [-0.05, 0) is 42.3 Å². The summed E-state index contributed by atoms with van der Waals surface area (Å²) in [5.41, 5.74) is 8.32. The number of benzene rings is 2. The molecule has 0 aliphatic carbocycles. The summed E-state index contributed by atoms with van der Waals surface area (Å²) in [6.07, 6.45) is 2.34. The van der Waals surface area contributed by atoms with Gasteiger partial charge in [-0.3, -0.25) is 0 Å². The van der Waals surface area contributed by atoms with Gasteiger partial charge < -0.3 is 15.8 Å². The van der Waals surface area contributed by atoms with Crippen molar-refractivity contribution in [1.29, 1.82) is 0 Å². The highest BCUT2D eigenvalue weighted by molar-refractivity contribution is 6.35. The van der Waals surface area contributed by atoms with Crippen LogP contribution in [0.25, 0.3) is 0 Å². The highest BCUT2D eigenvalue weighted by Gasteiger charge is 2.11. The van der Waals surface area contributed by atoms with Crippen LogP contribution in [0.4, 0.5) is 17.2 Å². The summed E-state index contributed by atoms with van der Waals surface area (Å²) in [4.78, 5) is 8.25. The number of nitrogens with one attached hydrogen (secondary N) is 1. The Hall–Kier alpha value is -2.50. The Balaban J connectivity index is 1.83. The van der Waals surface area contributed by atoms with Gasteiger partial charge in [-0.15, -0.1) is 0 Å². The lowest BCUT2D eigenvalue weighted by Gasteiger charge is -2.12. The second-order valence-electron chi connectivity index (χ2n) is 5.32. The summed E-state index contributed by atoms with van der Waals surface area (Å²) >= 11 is 12.0. The number of nitrogens with zero attached hydrogens (tertiary/aromatic N) is 2. The van der Waals surface area contributed by atoms with E-state index in [1.807, 2.05) is 24.3 Å². The van der Waals surface area contributed by atoms with Gasteiger partial charge in [0.05, 0.1) is 0 Å². The third kappa shape index (κ3) is 4.32. The Morgan fingerprint density at radius 2 is 1.72 bits per heavy atom. The second kappa shape index (κ2) is 7.59. The molecule has 3 N–H and O–H groups in total. The molecular weight excluding hydrogens is 359 g/mol. The van der Waals surface area contributed by atoms with Crippen molar-refractivity contribution in [3.05, 3.63) is 64.4 Å². The van der Waals surface area contributed by atoms with Gasteiger partial charge in [0, 0.05) is 15.7 Å². The zero-order valence-corrected chi connectivity index (χ0v) is 15.0. The normalized spacial score (nSPS) is 10.5. The minimum atomic E-state index is 0.273. The van der Waals surface area contributed by atoms with Crippen LogP contribution in [0, 0.1) is 0 Å². The maximum Gasteiger partial charge on any atom is 0.248 e. The highest BCUT2D eigenvalue weighted by Crippen LogP contribution is 2.32. The van der Waals surface area contributed by atoms with Gasteiger partial charge in [0.2, 0.25) is 5.88 Å². The van der Waals surface area contributed by atoms with Crippen molar-refractivity contribution in [2.24, 2.45) is 0 Å². The first-order valence-corrected chi connectivity index (χ1v) is 8.41. The highest BCUT2D eigenvalue weighted by atomic mass is 35.5. The third-order valence-corrected chi connectivity index (χ3v) is 3.96. The minimum Gasteiger partial charge on any atom is -0.437 e. The quantitative estimate of drug-likeness (QED) is 0.619. The van der Waals surface area contributed by atoms with Gasteiger partial charge in [0.1, 0.15) is 17.8 Å². The summed E-state index contributed by atoms with van der Waals surface area (Å²) in [6, 6.07) is 12.8. The van der Waals surface area contributed by atoms with Crippen LogP contribution >= 0.6 is 23.2 Å². The molecule has 3 aromatic rings. The summed E-state index contributed by atoms with van der Waals surface area (Å²) in [7, 11) is 0. The van der Waals surface area contributed by atoms with Gasteiger partial charge in [-0.25, -0.2) is 4.98 Å². The molecule has 0 fully saturated rings. The zero-order chi connectivity index (χ0) is 17.8. The Morgan fingerprint density at radius 3 is 2.36 bits per heavy atom. The smallest absolute Gasteiger partial charge is 0.248 e. The van der Waals surface area contributed by atoms with Crippen molar-refractivity contribution in [3.8, 4) is 11.6 Å². The van der Waals surface area contributed by atoms with E-state index < -0.39 is 0 Å². The molecule has 0 aliphatic heterocycles. The van der Waals surface area contributed by atoms with Gasteiger partial charge in [-0.2, -0.15) is 4.98 Å². The predicted molar refractivity (Wildman–Crippen MR) is 102 cm³/mol. The van der Waals surface area contributed by atoms with Gasteiger partial charge in [-0.1, -0.05) is 42.3 Å². The second-order valence-corrected chi connectivity index (χ2v) is 6.20. The zero-order valence-electron chi connectivity index (χ0n) is 13.5. The fraction of sp³-hybridized carbons (Fsp3) is 0.111. The first kappa shape index (κ1) is 17.3. The van der Waals surface area contributed by atoms with E-state index in [2.05, 4.69) is 22.2 Å². The van der Waals surface area contributed by atoms with Crippen LogP contribution in [0.1, 0.15) is 12.5 Å². The number of anilines is 3. The average Bonchev–Trinajstić information content (AvgIpc) is 2.58. The molecule has 7 heteroatoms. The maximum atomic E-state index is 6.13. The van der Waals surface area contributed by atoms with E-state index in [-0.39, 0.29) is 11.6 Å². The lowest BCUT2D eigenvalue weighted by atomic mass is 10.2. The Labute approximate surface area is 155 Å². The number of nitrogens with two attached hydrogens (primary N) is 1. The van der Waals surface area contributed by atoms with Crippen LogP contribution in [0.3, 0.4) is 0 Å². The standard InChI is InChI=1S/C18H16Cl2N4O/c1-2-11-3-5-15(6-4-11)25-18-16(21)17(22-10-23-18)24-14-8-12(19)7-13(20)9-14/h3-10H,2,21H2,1H3,(H,22,23,24). The molecule has 0 bridgehead atoms. The Kier molecular flexibility index (Phi) is 5.26. The van der Waals surface area contributed by atoms with Crippen molar-refractivity contribution in [3.63, 3.8) is 0 Å². The van der Waals surface area contributed by atoms with E-state index in [0.717, 1.165) is 6.42 Å². The summed E-state index contributed by atoms with van der Waals surface area (Å²) in [6.45, 7) is 2.10. The van der Waals surface area contributed by atoms with Crippen LogP contribution in [0.15, 0.2) is 48.8 Å². The molecule has 2 aromatic carbocycles. The van der Waals surface area contributed by atoms with Crippen LogP contribution < -0.4 is 15.8 Å². The molecule has 0 saturated heterocycles. The number of rotatable bonds is 5. The molecule has 1 heterocycles. The molecule has 0 atom stereocenters. The van der Waals surface area contributed by atoms with Crippen molar-refractivity contribution in [2.75, 3.05) is 11.1 Å². The fourth-order valence-corrected chi connectivity index (χ4v) is 2.75. The van der Waals surface area contributed by atoms with Gasteiger partial charge in [0.25, 0.3) is 0 Å². The van der Waals surface area contributed by atoms with E-state index >= 15 is 0 Å². The number of aryl methyl sites for hydroxylation is 1. The SMILES string of the molecule is CCc1ccc(Oc2ncnc(Nc3cc(Cl)cc(Cl)c3)c2N)cc1. The van der Waals surface area contributed by atoms with Crippen LogP contribution in [0.5, 0.6) is 11.6 Å². The molecule has 0 amide bonds. The monoisotopic (exact) mass is 374 g/mol. The minimum absolute atomic E-state index is 0.273. The Morgan fingerprint density at radius 1 is 1.04 bits per heavy atom. The number of hydrogen-bond acceptors (Lipinski definition) is 5. The fourth-order valence-electron chi connectivity index (χ4n) is 2.23. The lowest BCUT2D eigenvalue weighted by Crippen LogP contribution is -2.03. The summed E-state index contributed by atoms with van der Waals surface area (Å²) < 4.78 is 5.77. The maximum absolute atomic E-state index is 6.13. The topological polar surface area (TPSA) is 73.1 Å². The molecule has 0 saturated carbocycles. The molecule has 25 heavy (non-hydrogen) atoms. The number of aromatic nitrogens is 2. The lowest BCUT2D eigenvalue weighted by molar-refractivity contribution is 0.464. The van der Waals surface area contributed by atoms with E-state index in [0.29, 0.717) is 27.3 Å². The Bertz CT molecular complexity index is 864. The molecule has 0 aliphatic rings. The molecule has 0 spiro atoms. The largest absolute Gasteiger partial charge is 0.437 e. The first-order valence-electron chi connectivity index (χ1n) is 7.65. The molecule has 128 valence electrons. The van der Waals surface area contributed by atoms with Crippen molar-refractivity contribution >= 4 is 40.4 Å². The molecule has 0 radical (unpaired) electrons. The van der Waals surface area contributed by atoms with Crippen LogP contribution in [-0.2, 0) is 6.42 Å². The van der Waals surface area contributed by atoms with Crippen LogP contribution in [0.2, 0.25) is 10.0 Å². The first-order chi connectivity index (χ1) is 12.0. The van der Waals surface area contributed by atoms with Crippen molar-refractivity contribution in [1.82, 2.24) is 9.97 Å². The molecule has 1 aromatic heterocycles. The number of hydrogen-bond donors (Lipinski definition) is 2. The predicted octanol–water partition coefficient (Wildman–Crippen LogP) is 5.46. The average molecular weight is 375 g/mol. The summed E-state index contributed by atoms with van der Waals surface area (Å²) in [5.74, 6) is 1.34. The molecule has 0 unspecified atom stereocenters. The van der Waals surface area contributed by atoms with Gasteiger partial charge in [0.15, 0.2) is 5.82 Å². The van der Waals surface area contributed by atoms with E-state index in [4.69, 9.17) is 33.7 Å². The van der Waals surface area contributed by atoms with Crippen molar-refractivity contribution < 1.29 is 4.74 Å². The van der Waals surface area contributed by atoms with E-state index in [9.17, 15) is 0 Å². The van der Waals surface area contributed by atoms with Crippen LogP contribution in [-0.4, -0.2) is 9.97 Å².